The second kappa shape index (κ2) is 9.76. The number of pyridine rings is 2. The molecule has 0 radical (unpaired) electrons. The molecule has 5 heterocycles. The van der Waals surface area contributed by atoms with Crippen molar-refractivity contribution in [3.63, 3.8) is 0 Å². The number of aliphatic hydroxyl groups is 1. The van der Waals surface area contributed by atoms with E-state index in [2.05, 4.69) is 32.4 Å². The van der Waals surface area contributed by atoms with Gasteiger partial charge in [0.15, 0.2) is 5.13 Å². The van der Waals surface area contributed by atoms with Crippen LogP contribution in [0.15, 0.2) is 67.0 Å². The summed E-state index contributed by atoms with van der Waals surface area (Å²) in [6.07, 6.45) is 5.48. The quantitative estimate of drug-likeness (QED) is 0.165. The van der Waals surface area contributed by atoms with Gasteiger partial charge in [-0.15, -0.1) is 11.3 Å². The maximum absolute atomic E-state index is 13.7. The van der Waals surface area contributed by atoms with Gasteiger partial charge in [-0.2, -0.15) is 9.49 Å². The van der Waals surface area contributed by atoms with Crippen LogP contribution < -0.4 is 5.32 Å². The highest BCUT2D eigenvalue weighted by atomic mass is 32.1. The molecule has 0 amide bonds. The second-order valence-electron chi connectivity index (χ2n) is 8.98. The van der Waals surface area contributed by atoms with E-state index >= 15 is 0 Å². The van der Waals surface area contributed by atoms with Crippen molar-refractivity contribution >= 4 is 39.0 Å². The normalized spacial score (nSPS) is 12.4. The van der Waals surface area contributed by atoms with Crippen LogP contribution in [0.25, 0.3) is 55.0 Å². The molecule has 4 N–H and O–H groups in total. The SMILES string of the molecule is CCCCC(O)Nc1cncc(-c2ccc3[nH]nc(-c4cc5c(-c6ccc(F)s6)cccc5[nH]4)c3n2)c1. The predicted octanol–water partition coefficient (Wildman–Crippen LogP) is 6.96. The smallest absolute Gasteiger partial charge is 0.176 e. The largest absolute Gasteiger partial charge is 0.374 e. The number of unbranched alkanes of at least 4 members (excludes halogenated alkanes) is 1. The monoisotopic (exact) mass is 512 g/mol. The molecule has 0 aliphatic heterocycles. The summed E-state index contributed by atoms with van der Waals surface area (Å²) >= 11 is 1.13. The van der Waals surface area contributed by atoms with Gasteiger partial charge in [0.2, 0.25) is 0 Å². The van der Waals surface area contributed by atoms with E-state index in [0.717, 1.165) is 79.2 Å². The van der Waals surface area contributed by atoms with E-state index in [9.17, 15) is 9.50 Å². The fourth-order valence-electron chi connectivity index (χ4n) is 4.53. The first-order chi connectivity index (χ1) is 18.1. The molecule has 37 heavy (non-hydrogen) atoms. The minimum atomic E-state index is -0.620. The summed E-state index contributed by atoms with van der Waals surface area (Å²) in [6, 6.07) is 17.1. The zero-order valence-corrected chi connectivity index (χ0v) is 20.9. The number of nitrogens with zero attached hydrogens (tertiary/aromatic N) is 3. The van der Waals surface area contributed by atoms with Gasteiger partial charge in [0.05, 0.1) is 28.8 Å². The van der Waals surface area contributed by atoms with E-state index in [0.29, 0.717) is 12.1 Å². The number of anilines is 1. The molecule has 0 saturated heterocycles. The van der Waals surface area contributed by atoms with Crippen molar-refractivity contribution in [2.24, 2.45) is 0 Å². The predicted molar refractivity (Wildman–Crippen MR) is 147 cm³/mol. The molecule has 0 fully saturated rings. The number of nitrogens with one attached hydrogen (secondary N) is 3. The Kier molecular flexibility index (Phi) is 6.15. The number of rotatable bonds is 8. The first-order valence-corrected chi connectivity index (χ1v) is 13.0. The van der Waals surface area contributed by atoms with Crippen LogP contribution in [0.4, 0.5) is 10.1 Å². The third kappa shape index (κ3) is 4.59. The van der Waals surface area contributed by atoms with Gasteiger partial charge < -0.3 is 15.4 Å². The fraction of sp³-hybridized carbons (Fsp3) is 0.179. The first kappa shape index (κ1) is 23.3. The van der Waals surface area contributed by atoms with Gasteiger partial charge in [-0.3, -0.25) is 10.1 Å². The van der Waals surface area contributed by atoms with Crippen molar-refractivity contribution in [3.05, 3.63) is 72.1 Å². The molecular weight excluding hydrogens is 487 g/mol. The highest BCUT2D eigenvalue weighted by Crippen LogP contribution is 2.36. The Bertz CT molecular complexity index is 1700. The van der Waals surface area contributed by atoms with Crippen molar-refractivity contribution in [3.8, 4) is 33.1 Å². The summed E-state index contributed by atoms with van der Waals surface area (Å²) < 4.78 is 13.7. The highest BCUT2D eigenvalue weighted by Gasteiger charge is 2.16. The van der Waals surface area contributed by atoms with E-state index in [-0.39, 0.29) is 5.13 Å². The van der Waals surface area contributed by atoms with Crippen molar-refractivity contribution in [2.45, 2.75) is 32.4 Å². The maximum atomic E-state index is 13.7. The van der Waals surface area contributed by atoms with E-state index in [1.807, 2.05) is 42.5 Å². The van der Waals surface area contributed by atoms with Crippen LogP contribution in [0.5, 0.6) is 0 Å². The molecule has 6 aromatic rings. The molecule has 5 aromatic heterocycles. The highest BCUT2D eigenvalue weighted by molar-refractivity contribution is 7.14. The zero-order chi connectivity index (χ0) is 25.4. The molecule has 186 valence electrons. The number of aromatic nitrogens is 5. The van der Waals surface area contributed by atoms with Gasteiger partial charge in [-0.25, -0.2) is 4.98 Å². The molecule has 9 heteroatoms. The van der Waals surface area contributed by atoms with Gasteiger partial charge in [-0.1, -0.05) is 25.5 Å². The average Bonchev–Trinajstić information content (AvgIpc) is 3.64. The zero-order valence-electron chi connectivity index (χ0n) is 20.1. The van der Waals surface area contributed by atoms with Gasteiger partial charge in [0, 0.05) is 33.1 Å². The molecule has 0 bridgehead atoms. The Labute approximate surface area is 216 Å². The summed E-state index contributed by atoms with van der Waals surface area (Å²) in [5, 5.41) is 21.8. The molecule has 0 aliphatic rings. The summed E-state index contributed by atoms with van der Waals surface area (Å²) in [7, 11) is 0. The van der Waals surface area contributed by atoms with Crippen LogP contribution in [0.1, 0.15) is 26.2 Å². The van der Waals surface area contributed by atoms with Crippen LogP contribution in [0, 0.1) is 5.13 Å². The number of aliphatic hydroxyl groups excluding tert-OH is 1. The van der Waals surface area contributed by atoms with Crippen LogP contribution >= 0.6 is 11.3 Å². The van der Waals surface area contributed by atoms with Gasteiger partial charge in [0.1, 0.15) is 17.4 Å². The number of hydrogen-bond donors (Lipinski definition) is 4. The summed E-state index contributed by atoms with van der Waals surface area (Å²) in [6.45, 7) is 2.10. The molecular formula is C28H25FN6OS. The lowest BCUT2D eigenvalue weighted by Crippen LogP contribution is -2.18. The number of hydrogen-bond acceptors (Lipinski definition) is 6. The van der Waals surface area contributed by atoms with Crippen LogP contribution in [0.3, 0.4) is 0 Å². The van der Waals surface area contributed by atoms with Gasteiger partial charge in [-0.05, 0) is 55.3 Å². The Morgan fingerprint density at radius 1 is 1.08 bits per heavy atom. The van der Waals surface area contributed by atoms with Crippen LogP contribution in [0.2, 0.25) is 0 Å². The Morgan fingerprint density at radius 3 is 2.84 bits per heavy atom. The molecule has 0 aliphatic carbocycles. The van der Waals surface area contributed by atoms with E-state index in [1.54, 1.807) is 18.5 Å². The molecule has 1 atom stereocenters. The number of aromatic amines is 2. The number of H-pyrrole nitrogens is 2. The van der Waals surface area contributed by atoms with Crippen molar-refractivity contribution in [2.75, 3.05) is 5.32 Å². The van der Waals surface area contributed by atoms with E-state index in [1.165, 1.54) is 6.07 Å². The van der Waals surface area contributed by atoms with Crippen molar-refractivity contribution < 1.29 is 9.50 Å². The Morgan fingerprint density at radius 2 is 2.00 bits per heavy atom. The number of benzene rings is 1. The topological polar surface area (TPSA) is 103 Å². The maximum Gasteiger partial charge on any atom is 0.176 e. The minimum Gasteiger partial charge on any atom is -0.374 e. The van der Waals surface area contributed by atoms with Crippen LogP contribution in [-0.4, -0.2) is 36.5 Å². The third-order valence-corrected chi connectivity index (χ3v) is 7.27. The molecule has 7 nitrogen and oxygen atoms in total. The standard InChI is InChI=1S/C28H25FN6OS/c1-2-3-7-26(36)31-17-12-16(14-30-15-17)20-8-9-22-27(33-20)28(35-34-22)23-13-19-18(5-4-6-21(19)32-23)24-10-11-25(29)37-24/h4-6,8-15,26,31-32,36H,2-3,7H2,1H3,(H,34,35). The van der Waals surface area contributed by atoms with E-state index in [4.69, 9.17) is 4.98 Å². The second-order valence-corrected chi connectivity index (χ2v) is 10.0. The molecule has 0 spiro atoms. The Hall–Kier alpha value is -4.08. The average molecular weight is 513 g/mol. The first-order valence-electron chi connectivity index (χ1n) is 12.2. The molecule has 6 rings (SSSR count). The number of halogens is 1. The number of thiophene rings is 1. The minimum absolute atomic E-state index is 0.206. The van der Waals surface area contributed by atoms with Gasteiger partial charge in [0.25, 0.3) is 0 Å². The lowest BCUT2D eigenvalue weighted by molar-refractivity contribution is 0.190. The third-order valence-electron chi connectivity index (χ3n) is 6.36. The summed E-state index contributed by atoms with van der Waals surface area (Å²) in [5.41, 5.74) is 7.31. The number of fused-ring (bicyclic) bond motifs is 2. The summed E-state index contributed by atoms with van der Waals surface area (Å²) in [4.78, 5) is 13.6. The molecule has 0 saturated carbocycles. The molecule has 1 unspecified atom stereocenters. The van der Waals surface area contributed by atoms with Crippen molar-refractivity contribution in [1.29, 1.82) is 0 Å². The van der Waals surface area contributed by atoms with Crippen molar-refractivity contribution in [1.82, 2.24) is 25.1 Å². The fourth-order valence-corrected chi connectivity index (χ4v) is 5.30. The molecule has 1 aromatic carbocycles. The van der Waals surface area contributed by atoms with E-state index < -0.39 is 6.23 Å². The van der Waals surface area contributed by atoms with Crippen LogP contribution in [-0.2, 0) is 0 Å². The van der Waals surface area contributed by atoms with Gasteiger partial charge >= 0.3 is 0 Å². The lowest BCUT2D eigenvalue weighted by Gasteiger charge is -2.14. The Balaban J connectivity index is 1.36. The summed E-state index contributed by atoms with van der Waals surface area (Å²) in [5.74, 6) is 0. The lowest BCUT2D eigenvalue weighted by atomic mass is 10.1.